The van der Waals surface area contributed by atoms with Crippen molar-refractivity contribution in [3.05, 3.63) is 93.8 Å². The number of anilines is 1. The van der Waals surface area contributed by atoms with Gasteiger partial charge in [-0.3, -0.25) is 19.9 Å². The highest BCUT2D eigenvalue weighted by molar-refractivity contribution is 5.95. The minimum atomic E-state index is -0.490. The molecule has 0 fully saturated rings. The fourth-order valence-electron chi connectivity index (χ4n) is 2.83. The summed E-state index contributed by atoms with van der Waals surface area (Å²) in [4.78, 5) is 28.9. The van der Waals surface area contributed by atoms with E-state index in [0.717, 1.165) is 11.1 Å². The van der Waals surface area contributed by atoms with Crippen LogP contribution in [0.3, 0.4) is 0 Å². The molecular formula is C22H22N4O4. The van der Waals surface area contributed by atoms with Gasteiger partial charge in [0.15, 0.2) is 0 Å². The first-order valence-electron chi connectivity index (χ1n) is 9.28. The minimum absolute atomic E-state index is 0.109. The average molecular weight is 406 g/mol. The van der Waals surface area contributed by atoms with Gasteiger partial charge in [-0.2, -0.15) is 0 Å². The van der Waals surface area contributed by atoms with Crippen LogP contribution in [0.4, 0.5) is 11.4 Å². The molecule has 1 heterocycles. The highest BCUT2D eigenvalue weighted by Crippen LogP contribution is 2.27. The van der Waals surface area contributed by atoms with Crippen LogP contribution in [0.5, 0.6) is 5.75 Å². The van der Waals surface area contributed by atoms with Gasteiger partial charge in [-0.15, -0.1) is 0 Å². The summed E-state index contributed by atoms with van der Waals surface area (Å²) < 4.78 is 5.71. The molecule has 1 N–H and O–H groups in total. The maximum atomic E-state index is 12.4. The van der Waals surface area contributed by atoms with Gasteiger partial charge in [0.1, 0.15) is 18.0 Å². The second kappa shape index (κ2) is 9.51. The highest BCUT2D eigenvalue weighted by atomic mass is 16.6. The van der Waals surface area contributed by atoms with Gasteiger partial charge in [-0.05, 0) is 35.9 Å². The van der Waals surface area contributed by atoms with Gasteiger partial charge >= 0.3 is 0 Å². The quantitative estimate of drug-likeness (QED) is 0.454. The molecule has 8 heteroatoms. The van der Waals surface area contributed by atoms with Gasteiger partial charge in [-0.1, -0.05) is 18.2 Å². The van der Waals surface area contributed by atoms with Crippen LogP contribution >= 0.6 is 0 Å². The molecule has 0 aliphatic carbocycles. The van der Waals surface area contributed by atoms with Gasteiger partial charge in [0.05, 0.1) is 4.92 Å². The number of ether oxygens (including phenoxy) is 1. The molecule has 3 rings (SSSR count). The Balaban J connectivity index is 1.58. The molecule has 3 aromatic rings. The molecule has 0 aliphatic rings. The average Bonchev–Trinajstić information content (AvgIpc) is 2.77. The fraction of sp³-hybridized carbons (Fsp3) is 0.182. The van der Waals surface area contributed by atoms with Crippen LogP contribution in [-0.2, 0) is 13.2 Å². The first kappa shape index (κ1) is 20.8. The van der Waals surface area contributed by atoms with Gasteiger partial charge < -0.3 is 15.0 Å². The molecule has 0 aliphatic heterocycles. The summed E-state index contributed by atoms with van der Waals surface area (Å²) in [6.07, 6.45) is 3.46. The molecule has 0 saturated carbocycles. The summed E-state index contributed by atoms with van der Waals surface area (Å²) >= 11 is 0. The van der Waals surface area contributed by atoms with Crippen molar-refractivity contribution in [2.75, 3.05) is 19.0 Å². The second-order valence-corrected chi connectivity index (χ2v) is 6.83. The van der Waals surface area contributed by atoms with Crippen molar-refractivity contribution in [3.8, 4) is 5.75 Å². The zero-order chi connectivity index (χ0) is 21.5. The van der Waals surface area contributed by atoms with Gasteiger partial charge in [0, 0.05) is 50.2 Å². The van der Waals surface area contributed by atoms with Gasteiger partial charge in [0.25, 0.3) is 11.6 Å². The predicted molar refractivity (Wildman–Crippen MR) is 114 cm³/mol. The topological polar surface area (TPSA) is 97.6 Å². The first-order valence-corrected chi connectivity index (χ1v) is 9.28. The van der Waals surface area contributed by atoms with Gasteiger partial charge in [-0.25, -0.2) is 0 Å². The molecule has 0 saturated heterocycles. The molecule has 30 heavy (non-hydrogen) atoms. The minimum Gasteiger partial charge on any atom is -0.489 e. The van der Waals surface area contributed by atoms with Crippen LogP contribution in [0.1, 0.15) is 21.5 Å². The number of benzene rings is 2. The normalized spacial score (nSPS) is 10.3. The SMILES string of the molecule is CN(C)c1ccc(C(=O)NCc2ccc(OCc3cccnc3)cc2)cc1[N+](=O)[O-]. The lowest BCUT2D eigenvalue weighted by molar-refractivity contribution is -0.384. The van der Waals surface area contributed by atoms with Crippen LogP contribution in [0.15, 0.2) is 67.0 Å². The lowest BCUT2D eigenvalue weighted by Gasteiger charge is -2.13. The predicted octanol–water partition coefficient (Wildman–Crippen LogP) is 3.56. The van der Waals surface area contributed by atoms with E-state index in [1.165, 1.54) is 6.07 Å². The van der Waals surface area contributed by atoms with Gasteiger partial charge in [0.2, 0.25) is 0 Å². The van der Waals surface area contributed by atoms with E-state index in [0.29, 0.717) is 24.6 Å². The number of nitrogens with zero attached hydrogens (tertiary/aromatic N) is 3. The van der Waals surface area contributed by atoms with Crippen molar-refractivity contribution >= 4 is 17.3 Å². The van der Waals surface area contributed by atoms with E-state index >= 15 is 0 Å². The van der Waals surface area contributed by atoms with Crippen molar-refractivity contribution in [1.29, 1.82) is 0 Å². The summed E-state index contributed by atoms with van der Waals surface area (Å²) in [7, 11) is 3.43. The molecule has 1 aromatic heterocycles. The van der Waals surface area contributed by atoms with E-state index < -0.39 is 4.92 Å². The van der Waals surface area contributed by atoms with Crippen LogP contribution in [-0.4, -0.2) is 29.9 Å². The van der Waals surface area contributed by atoms with E-state index in [1.807, 2.05) is 36.4 Å². The number of nitro groups is 1. The summed E-state index contributed by atoms with van der Waals surface area (Å²) in [6.45, 7) is 0.719. The fourth-order valence-corrected chi connectivity index (χ4v) is 2.83. The standard InChI is InChI=1S/C22H22N4O4/c1-25(2)20-10-7-18(12-21(20)26(28)29)22(27)24-14-16-5-8-19(9-6-16)30-15-17-4-3-11-23-13-17/h3-13H,14-15H2,1-2H3,(H,24,27). The maximum Gasteiger partial charge on any atom is 0.293 e. The summed E-state index contributed by atoms with van der Waals surface area (Å²) in [5, 5.41) is 14.1. The van der Waals surface area contributed by atoms with E-state index in [1.54, 1.807) is 43.5 Å². The Hall–Kier alpha value is -3.94. The summed E-state index contributed by atoms with van der Waals surface area (Å²) in [5.74, 6) is 0.337. The molecule has 0 atom stereocenters. The molecule has 0 bridgehead atoms. The smallest absolute Gasteiger partial charge is 0.293 e. The molecule has 1 amide bonds. The van der Waals surface area contributed by atoms with E-state index in [4.69, 9.17) is 4.74 Å². The Bertz CT molecular complexity index is 1020. The Kier molecular flexibility index (Phi) is 6.59. The zero-order valence-electron chi connectivity index (χ0n) is 16.7. The molecule has 154 valence electrons. The number of amides is 1. The van der Waals surface area contributed by atoms with Crippen molar-refractivity contribution in [2.24, 2.45) is 0 Å². The summed E-state index contributed by atoms with van der Waals surface area (Å²) in [5.41, 5.74) is 2.43. The number of carbonyl (C=O) groups is 1. The van der Waals surface area contributed by atoms with Crippen LogP contribution < -0.4 is 15.0 Å². The number of aromatic nitrogens is 1. The lowest BCUT2D eigenvalue weighted by Crippen LogP contribution is -2.23. The zero-order valence-corrected chi connectivity index (χ0v) is 16.7. The van der Waals surface area contributed by atoms with Crippen molar-refractivity contribution in [1.82, 2.24) is 10.3 Å². The monoisotopic (exact) mass is 406 g/mol. The summed E-state index contributed by atoms with van der Waals surface area (Å²) in [6, 6.07) is 15.6. The number of nitro benzene ring substituents is 1. The largest absolute Gasteiger partial charge is 0.489 e. The van der Waals surface area contributed by atoms with Crippen molar-refractivity contribution in [2.45, 2.75) is 13.2 Å². The third-order valence-electron chi connectivity index (χ3n) is 4.42. The number of rotatable bonds is 8. The van der Waals surface area contributed by atoms with E-state index in [2.05, 4.69) is 10.3 Å². The van der Waals surface area contributed by atoms with Crippen molar-refractivity contribution in [3.63, 3.8) is 0 Å². The third-order valence-corrected chi connectivity index (χ3v) is 4.42. The first-order chi connectivity index (χ1) is 14.4. The molecule has 0 unspecified atom stereocenters. The third kappa shape index (κ3) is 5.32. The van der Waals surface area contributed by atoms with E-state index in [9.17, 15) is 14.9 Å². The molecule has 2 aromatic carbocycles. The number of nitrogens with one attached hydrogen (secondary N) is 1. The molecule has 8 nitrogen and oxygen atoms in total. The van der Waals surface area contributed by atoms with Crippen LogP contribution in [0.25, 0.3) is 0 Å². The Morgan fingerprint density at radius 1 is 1.13 bits per heavy atom. The number of hydrogen-bond donors (Lipinski definition) is 1. The number of pyridine rings is 1. The molecule has 0 spiro atoms. The Morgan fingerprint density at radius 2 is 1.90 bits per heavy atom. The Labute approximate surface area is 174 Å². The number of hydrogen-bond acceptors (Lipinski definition) is 6. The molecular weight excluding hydrogens is 384 g/mol. The Morgan fingerprint density at radius 3 is 2.53 bits per heavy atom. The van der Waals surface area contributed by atoms with Crippen LogP contribution in [0.2, 0.25) is 0 Å². The lowest BCUT2D eigenvalue weighted by atomic mass is 10.1. The second-order valence-electron chi connectivity index (χ2n) is 6.83. The van der Waals surface area contributed by atoms with Crippen LogP contribution in [0, 0.1) is 10.1 Å². The number of carbonyl (C=O) groups excluding carboxylic acids is 1. The molecule has 0 radical (unpaired) electrons. The van der Waals surface area contributed by atoms with Crippen molar-refractivity contribution < 1.29 is 14.5 Å². The maximum absolute atomic E-state index is 12.4. The van der Waals surface area contributed by atoms with E-state index in [-0.39, 0.29) is 17.2 Å². The highest BCUT2D eigenvalue weighted by Gasteiger charge is 2.18.